The molecule has 1 aromatic rings. The van der Waals surface area contributed by atoms with Crippen LogP contribution in [0.1, 0.15) is 12.8 Å². The van der Waals surface area contributed by atoms with Crippen LogP contribution in [-0.4, -0.2) is 29.1 Å². The van der Waals surface area contributed by atoms with Crippen molar-refractivity contribution in [1.29, 1.82) is 0 Å². The molecule has 2 rings (SSSR count). The highest BCUT2D eigenvalue weighted by atomic mass is 79.9. The van der Waals surface area contributed by atoms with Crippen LogP contribution < -0.4 is 4.90 Å². The molecule has 16 heavy (non-hydrogen) atoms. The van der Waals surface area contributed by atoms with Gasteiger partial charge in [0, 0.05) is 23.8 Å². The number of pyridine rings is 1. The van der Waals surface area contributed by atoms with E-state index in [4.69, 9.17) is 5.11 Å². The van der Waals surface area contributed by atoms with Crippen LogP contribution >= 0.6 is 15.9 Å². The van der Waals surface area contributed by atoms with Gasteiger partial charge in [0.2, 0.25) is 0 Å². The van der Waals surface area contributed by atoms with E-state index in [-0.39, 0.29) is 5.92 Å². The van der Waals surface area contributed by atoms with Crippen molar-refractivity contribution in [3.8, 4) is 0 Å². The highest BCUT2D eigenvalue weighted by Crippen LogP contribution is 2.23. The third-order valence-electron chi connectivity index (χ3n) is 2.80. The van der Waals surface area contributed by atoms with Gasteiger partial charge in [0.25, 0.3) is 0 Å². The quantitative estimate of drug-likeness (QED) is 0.904. The first-order valence-corrected chi connectivity index (χ1v) is 6.05. The molecule has 1 N–H and O–H groups in total. The number of nitrogens with zero attached hydrogens (tertiary/aromatic N) is 2. The van der Waals surface area contributed by atoms with Gasteiger partial charge in [-0.05, 0) is 25.0 Å². The Morgan fingerprint density at radius 2 is 2.44 bits per heavy atom. The SMILES string of the molecule is O=C(O)C1CCCN(c2cc(Br)ccn2)C1. The summed E-state index contributed by atoms with van der Waals surface area (Å²) in [4.78, 5) is 17.2. The molecule has 1 fully saturated rings. The summed E-state index contributed by atoms with van der Waals surface area (Å²) in [7, 11) is 0. The molecule has 0 saturated carbocycles. The molecule has 1 aromatic heterocycles. The number of halogens is 1. The minimum atomic E-state index is -0.709. The zero-order valence-electron chi connectivity index (χ0n) is 8.77. The van der Waals surface area contributed by atoms with E-state index >= 15 is 0 Å². The molecule has 0 aromatic carbocycles. The molecule has 86 valence electrons. The number of rotatable bonds is 2. The van der Waals surface area contributed by atoms with Crippen LogP contribution in [0.2, 0.25) is 0 Å². The number of aliphatic carboxylic acids is 1. The summed E-state index contributed by atoms with van der Waals surface area (Å²) in [6.45, 7) is 1.44. The Bertz CT molecular complexity index is 397. The molecule has 0 amide bonds. The Morgan fingerprint density at radius 3 is 3.12 bits per heavy atom. The molecule has 1 saturated heterocycles. The third kappa shape index (κ3) is 2.52. The first-order chi connectivity index (χ1) is 7.66. The maximum Gasteiger partial charge on any atom is 0.308 e. The second kappa shape index (κ2) is 4.82. The lowest BCUT2D eigenvalue weighted by atomic mass is 9.98. The van der Waals surface area contributed by atoms with E-state index < -0.39 is 5.97 Å². The van der Waals surface area contributed by atoms with Crippen LogP contribution in [0.3, 0.4) is 0 Å². The van der Waals surface area contributed by atoms with E-state index in [0.717, 1.165) is 29.7 Å². The summed E-state index contributed by atoms with van der Waals surface area (Å²) in [6, 6.07) is 3.78. The topological polar surface area (TPSA) is 53.4 Å². The second-order valence-electron chi connectivity index (χ2n) is 3.96. The molecule has 0 bridgehead atoms. The summed E-state index contributed by atoms with van der Waals surface area (Å²) in [6.07, 6.45) is 3.40. The number of hydrogen-bond donors (Lipinski definition) is 1. The van der Waals surface area contributed by atoms with Crippen molar-refractivity contribution in [3.63, 3.8) is 0 Å². The van der Waals surface area contributed by atoms with Gasteiger partial charge >= 0.3 is 5.97 Å². The molecule has 1 unspecified atom stereocenters. The lowest BCUT2D eigenvalue weighted by Crippen LogP contribution is -2.39. The lowest BCUT2D eigenvalue weighted by Gasteiger charge is -2.31. The van der Waals surface area contributed by atoms with E-state index in [0.29, 0.717) is 6.54 Å². The van der Waals surface area contributed by atoms with Gasteiger partial charge in [0.15, 0.2) is 0 Å². The molecule has 1 atom stereocenters. The van der Waals surface area contributed by atoms with Crippen LogP contribution in [-0.2, 0) is 4.79 Å². The van der Waals surface area contributed by atoms with E-state index in [1.54, 1.807) is 6.20 Å². The highest BCUT2D eigenvalue weighted by molar-refractivity contribution is 9.10. The summed E-state index contributed by atoms with van der Waals surface area (Å²) >= 11 is 3.39. The van der Waals surface area contributed by atoms with Crippen molar-refractivity contribution in [1.82, 2.24) is 4.98 Å². The molecular weight excluding hydrogens is 272 g/mol. The Kier molecular flexibility index (Phi) is 3.43. The molecule has 0 radical (unpaired) electrons. The van der Waals surface area contributed by atoms with Crippen molar-refractivity contribution < 1.29 is 9.90 Å². The Morgan fingerprint density at radius 1 is 1.62 bits per heavy atom. The van der Waals surface area contributed by atoms with Crippen LogP contribution in [0.5, 0.6) is 0 Å². The Balaban J connectivity index is 2.12. The van der Waals surface area contributed by atoms with Gasteiger partial charge in [-0.25, -0.2) is 4.98 Å². The fourth-order valence-electron chi connectivity index (χ4n) is 1.95. The molecule has 1 aliphatic heterocycles. The molecule has 1 aliphatic rings. The fraction of sp³-hybridized carbons (Fsp3) is 0.455. The molecule has 4 nitrogen and oxygen atoms in total. The number of carboxylic acid groups (broad SMARTS) is 1. The van der Waals surface area contributed by atoms with E-state index in [1.165, 1.54) is 0 Å². The maximum atomic E-state index is 10.9. The van der Waals surface area contributed by atoms with Crippen molar-refractivity contribution in [2.75, 3.05) is 18.0 Å². The van der Waals surface area contributed by atoms with Crippen LogP contribution in [0.25, 0.3) is 0 Å². The second-order valence-corrected chi connectivity index (χ2v) is 4.87. The molecule has 0 aliphatic carbocycles. The molecule has 2 heterocycles. The standard InChI is InChI=1S/C11H13BrN2O2/c12-9-3-4-13-10(6-9)14-5-1-2-8(7-14)11(15)16/h3-4,6,8H,1-2,5,7H2,(H,15,16). The van der Waals surface area contributed by atoms with E-state index in [2.05, 4.69) is 20.9 Å². The van der Waals surface area contributed by atoms with Crippen molar-refractivity contribution >= 4 is 27.7 Å². The smallest absolute Gasteiger partial charge is 0.308 e. The number of carbonyl (C=O) groups is 1. The lowest BCUT2D eigenvalue weighted by molar-refractivity contribution is -0.141. The summed E-state index contributed by atoms with van der Waals surface area (Å²) < 4.78 is 0.968. The zero-order chi connectivity index (χ0) is 11.5. The average molecular weight is 285 g/mol. The van der Waals surface area contributed by atoms with Crippen molar-refractivity contribution in [2.45, 2.75) is 12.8 Å². The number of carboxylic acids is 1. The number of aromatic nitrogens is 1. The number of anilines is 1. The predicted octanol–water partition coefficient (Wildman–Crippen LogP) is 2.15. The monoisotopic (exact) mass is 284 g/mol. The molecule has 5 heteroatoms. The largest absolute Gasteiger partial charge is 0.481 e. The van der Waals surface area contributed by atoms with Gasteiger partial charge in [-0.3, -0.25) is 4.79 Å². The van der Waals surface area contributed by atoms with Gasteiger partial charge in [0.1, 0.15) is 5.82 Å². The third-order valence-corrected chi connectivity index (χ3v) is 3.30. The maximum absolute atomic E-state index is 10.9. The van der Waals surface area contributed by atoms with Crippen molar-refractivity contribution in [2.24, 2.45) is 5.92 Å². The summed E-state index contributed by atoms with van der Waals surface area (Å²) in [5.74, 6) is -0.130. The normalized spacial score (nSPS) is 20.8. The van der Waals surface area contributed by atoms with Crippen molar-refractivity contribution in [3.05, 3.63) is 22.8 Å². The average Bonchev–Trinajstić information content (AvgIpc) is 2.29. The molecular formula is C11H13BrN2O2. The van der Waals surface area contributed by atoms with E-state index in [1.807, 2.05) is 17.0 Å². The number of piperidine rings is 1. The fourth-order valence-corrected chi connectivity index (χ4v) is 2.28. The Hall–Kier alpha value is -1.10. The van der Waals surface area contributed by atoms with Gasteiger partial charge in [-0.15, -0.1) is 0 Å². The molecule has 0 spiro atoms. The van der Waals surface area contributed by atoms with Gasteiger partial charge in [-0.2, -0.15) is 0 Å². The summed E-state index contributed by atoms with van der Waals surface area (Å²) in [5.41, 5.74) is 0. The van der Waals surface area contributed by atoms with E-state index in [9.17, 15) is 4.79 Å². The minimum absolute atomic E-state index is 0.269. The number of hydrogen-bond acceptors (Lipinski definition) is 3. The van der Waals surface area contributed by atoms with Crippen LogP contribution in [0.15, 0.2) is 22.8 Å². The summed E-state index contributed by atoms with van der Waals surface area (Å²) in [5, 5.41) is 9.00. The van der Waals surface area contributed by atoms with Gasteiger partial charge in [0.05, 0.1) is 5.92 Å². The highest BCUT2D eigenvalue weighted by Gasteiger charge is 2.25. The van der Waals surface area contributed by atoms with Gasteiger partial charge < -0.3 is 10.0 Å². The Labute approximate surface area is 102 Å². The van der Waals surface area contributed by atoms with Crippen LogP contribution in [0.4, 0.5) is 5.82 Å². The van der Waals surface area contributed by atoms with Crippen LogP contribution in [0, 0.1) is 5.92 Å². The zero-order valence-corrected chi connectivity index (χ0v) is 10.4. The minimum Gasteiger partial charge on any atom is -0.481 e. The predicted molar refractivity (Wildman–Crippen MR) is 64.5 cm³/mol. The first kappa shape index (κ1) is 11.4. The van der Waals surface area contributed by atoms with Gasteiger partial charge in [-0.1, -0.05) is 15.9 Å². The first-order valence-electron chi connectivity index (χ1n) is 5.26.